The summed E-state index contributed by atoms with van der Waals surface area (Å²) in [7, 11) is 0. The predicted octanol–water partition coefficient (Wildman–Crippen LogP) is 4.19. The van der Waals surface area contributed by atoms with E-state index in [4.69, 9.17) is 25.8 Å². The highest BCUT2D eigenvalue weighted by molar-refractivity contribution is 6.32. The van der Waals surface area contributed by atoms with Crippen LogP contribution in [0.15, 0.2) is 36.4 Å². The second kappa shape index (κ2) is 12.3. The molecule has 1 spiro atoms. The van der Waals surface area contributed by atoms with Gasteiger partial charge in [-0.3, -0.25) is 14.5 Å². The summed E-state index contributed by atoms with van der Waals surface area (Å²) in [5.41, 5.74) is 1.19. The molecule has 3 aliphatic rings. The van der Waals surface area contributed by atoms with E-state index in [2.05, 4.69) is 15.5 Å². The number of hydrogen-bond acceptors (Lipinski definition) is 6. The van der Waals surface area contributed by atoms with Gasteiger partial charge in [-0.15, -0.1) is 0 Å². The molecule has 3 heterocycles. The number of hydrogen-bond donors (Lipinski definition) is 2. The van der Waals surface area contributed by atoms with Gasteiger partial charge in [0.25, 0.3) is 5.91 Å². The van der Waals surface area contributed by atoms with Gasteiger partial charge in [0, 0.05) is 19.5 Å². The average Bonchev–Trinajstić information content (AvgIpc) is 3.17. The second-order valence-corrected chi connectivity index (χ2v) is 10.7. The third-order valence-corrected chi connectivity index (χ3v) is 7.99. The normalized spacial score (nSPS) is 20.8. The fraction of sp³-hybridized carbons (Fsp3) is 0.517. The molecular formula is C29H36ClN3O5. The molecule has 8 nitrogen and oxygen atoms in total. The lowest BCUT2D eigenvalue weighted by Crippen LogP contribution is -2.49. The van der Waals surface area contributed by atoms with Crippen molar-refractivity contribution >= 4 is 23.4 Å². The predicted molar refractivity (Wildman–Crippen MR) is 145 cm³/mol. The van der Waals surface area contributed by atoms with E-state index in [0.29, 0.717) is 60.7 Å². The Morgan fingerprint density at radius 1 is 0.842 bits per heavy atom. The van der Waals surface area contributed by atoms with Crippen LogP contribution in [0.1, 0.15) is 54.4 Å². The van der Waals surface area contributed by atoms with E-state index in [1.807, 2.05) is 24.3 Å². The summed E-state index contributed by atoms with van der Waals surface area (Å²) < 4.78 is 17.5. The lowest BCUT2D eigenvalue weighted by atomic mass is 9.73. The van der Waals surface area contributed by atoms with Gasteiger partial charge < -0.3 is 24.8 Å². The number of nitrogens with one attached hydrogen (secondary N) is 2. The summed E-state index contributed by atoms with van der Waals surface area (Å²) in [6.07, 6.45) is 4.91. The van der Waals surface area contributed by atoms with Crippen molar-refractivity contribution in [2.45, 2.75) is 45.1 Å². The summed E-state index contributed by atoms with van der Waals surface area (Å²) in [5.74, 6) is 1.86. The Labute approximate surface area is 229 Å². The minimum Gasteiger partial charge on any atom is -0.491 e. The number of para-hydroxylation sites is 1. The first-order chi connectivity index (χ1) is 18.5. The first kappa shape index (κ1) is 26.6. The first-order valence-electron chi connectivity index (χ1n) is 13.6. The third-order valence-electron chi connectivity index (χ3n) is 7.71. The van der Waals surface area contributed by atoms with Crippen LogP contribution in [0.4, 0.5) is 0 Å². The molecule has 2 N–H and O–H groups in total. The average molecular weight is 542 g/mol. The maximum atomic E-state index is 13.5. The molecule has 1 saturated heterocycles. The Bertz CT molecular complexity index is 1150. The van der Waals surface area contributed by atoms with Crippen molar-refractivity contribution in [2.75, 3.05) is 46.0 Å². The molecule has 9 heteroatoms. The number of rotatable bonds is 2. The van der Waals surface area contributed by atoms with Crippen LogP contribution in [0.25, 0.3) is 0 Å². The summed E-state index contributed by atoms with van der Waals surface area (Å²) in [5, 5.41) is 6.70. The zero-order valence-corrected chi connectivity index (χ0v) is 22.5. The van der Waals surface area contributed by atoms with E-state index in [1.54, 1.807) is 12.1 Å². The molecule has 0 unspecified atom stereocenters. The molecule has 2 aromatic carbocycles. The van der Waals surface area contributed by atoms with E-state index in [1.165, 1.54) is 0 Å². The van der Waals surface area contributed by atoms with Crippen molar-refractivity contribution < 1.29 is 23.8 Å². The minimum atomic E-state index is -0.412. The highest BCUT2D eigenvalue weighted by Gasteiger charge is 2.40. The van der Waals surface area contributed by atoms with Gasteiger partial charge in [0.1, 0.15) is 12.4 Å². The van der Waals surface area contributed by atoms with E-state index < -0.39 is 5.41 Å². The molecule has 2 amide bonds. The zero-order chi connectivity index (χ0) is 26.4. The zero-order valence-electron chi connectivity index (χ0n) is 21.7. The number of carbonyl (C=O) groups excluding carboxylic acids is 2. The quantitative estimate of drug-likeness (QED) is 0.592. The van der Waals surface area contributed by atoms with Gasteiger partial charge >= 0.3 is 0 Å². The molecule has 0 aliphatic carbocycles. The fourth-order valence-electron chi connectivity index (χ4n) is 5.54. The van der Waals surface area contributed by atoms with Crippen molar-refractivity contribution in [3.63, 3.8) is 0 Å². The molecule has 0 bridgehead atoms. The first-order valence-corrected chi connectivity index (χ1v) is 14.0. The lowest BCUT2D eigenvalue weighted by molar-refractivity contribution is -0.134. The number of benzene rings is 2. The van der Waals surface area contributed by atoms with Crippen LogP contribution in [0.5, 0.6) is 17.2 Å². The van der Waals surface area contributed by atoms with Crippen molar-refractivity contribution in [3.05, 3.63) is 52.5 Å². The standard InChI is InChI=1S/C29H36ClN3O5/c30-23-18-21(19-25-26(23)38-16-5-15-36-25)20-33-13-9-29(10-14-33)8-3-4-11-31-27(34)22-6-1-2-7-24(22)37-17-12-32-28(29)35/h1-2,6-7,18-19H,3-5,8-17,20H2,(H,31,34)(H,32,35). The number of fused-ring (bicyclic) bond motifs is 2. The second-order valence-electron chi connectivity index (χ2n) is 10.3. The Morgan fingerprint density at radius 2 is 1.63 bits per heavy atom. The van der Waals surface area contributed by atoms with Crippen LogP contribution in [0.2, 0.25) is 5.02 Å². The maximum Gasteiger partial charge on any atom is 0.255 e. The van der Waals surface area contributed by atoms with Crippen molar-refractivity contribution in [2.24, 2.45) is 5.41 Å². The van der Waals surface area contributed by atoms with E-state index in [9.17, 15) is 9.59 Å². The monoisotopic (exact) mass is 541 g/mol. The summed E-state index contributed by atoms with van der Waals surface area (Å²) in [6, 6.07) is 11.2. The van der Waals surface area contributed by atoms with Crippen LogP contribution in [0.3, 0.4) is 0 Å². The molecular weight excluding hydrogens is 506 g/mol. The largest absolute Gasteiger partial charge is 0.491 e. The Morgan fingerprint density at radius 3 is 2.50 bits per heavy atom. The maximum absolute atomic E-state index is 13.5. The minimum absolute atomic E-state index is 0.105. The van der Waals surface area contributed by atoms with Gasteiger partial charge in [0.15, 0.2) is 11.5 Å². The number of ether oxygens (including phenoxy) is 3. The van der Waals surface area contributed by atoms with Crippen molar-refractivity contribution in [1.82, 2.24) is 15.5 Å². The van der Waals surface area contributed by atoms with Gasteiger partial charge in [-0.1, -0.05) is 30.2 Å². The molecule has 0 radical (unpaired) electrons. The molecule has 0 saturated carbocycles. The van der Waals surface area contributed by atoms with Gasteiger partial charge in [-0.2, -0.15) is 0 Å². The molecule has 2 aromatic rings. The number of nitrogens with zero attached hydrogens (tertiary/aromatic N) is 1. The fourth-order valence-corrected chi connectivity index (χ4v) is 5.83. The Kier molecular flexibility index (Phi) is 8.59. The third kappa shape index (κ3) is 6.18. The molecule has 204 valence electrons. The molecule has 3 aliphatic heterocycles. The molecule has 38 heavy (non-hydrogen) atoms. The number of amides is 2. The topological polar surface area (TPSA) is 89.1 Å². The molecule has 5 rings (SSSR count). The highest BCUT2D eigenvalue weighted by Crippen LogP contribution is 2.40. The Hall–Kier alpha value is -2.97. The van der Waals surface area contributed by atoms with Crippen LogP contribution in [0, 0.1) is 5.41 Å². The summed E-state index contributed by atoms with van der Waals surface area (Å²) in [4.78, 5) is 28.5. The number of halogens is 1. The number of carbonyl (C=O) groups is 2. The van der Waals surface area contributed by atoms with Gasteiger partial charge in [0.2, 0.25) is 5.91 Å². The van der Waals surface area contributed by atoms with E-state index in [-0.39, 0.29) is 11.8 Å². The van der Waals surface area contributed by atoms with Gasteiger partial charge in [0.05, 0.1) is 35.8 Å². The summed E-state index contributed by atoms with van der Waals surface area (Å²) in [6.45, 7) is 4.89. The van der Waals surface area contributed by atoms with Crippen LogP contribution >= 0.6 is 11.6 Å². The molecule has 0 atom stereocenters. The number of piperidine rings is 1. The number of likely N-dealkylation sites (tertiary alicyclic amines) is 1. The van der Waals surface area contributed by atoms with Crippen LogP contribution in [-0.2, 0) is 11.3 Å². The molecule has 1 fully saturated rings. The van der Waals surface area contributed by atoms with Crippen LogP contribution < -0.4 is 24.8 Å². The van der Waals surface area contributed by atoms with Gasteiger partial charge in [-0.05, 0) is 68.6 Å². The van der Waals surface area contributed by atoms with Crippen molar-refractivity contribution in [3.8, 4) is 17.2 Å². The Balaban J connectivity index is 1.21. The molecule has 0 aromatic heterocycles. The lowest BCUT2D eigenvalue weighted by Gasteiger charge is -2.41. The van der Waals surface area contributed by atoms with Crippen molar-refractivity contribution in [1.29, 1.82) is 0 Å². The summed E-state index contributed by atoms with van der Waals surface area (Å²) >= 11 is 6.51. The van der Waals surface area contributed by atoms with E-state index in [0.717, 1.165) is 63.7 Å². The SMILES string of the molecule is O=C1NCCCCC2(CCN(Cc3cc(Cl)c4c(c3)OCCCO4)CC2)C(=O)NCCOc2ccccc21. The van der Waals surface area contributed by atoms with Crippen LogP contribution in [-0.4, -0.2) is 62.7 Å². The van der Waals surface area contributed by atoms with Gasteiger partial charge in [-0.25, -0.2) is 0 Å². The highest BCUT2D eigenvalue weighted by atomic mass is 35.5. The van der Waals surface area contributed by atoms with E-state index >= 15 is 0 Å². The smallest absolute Gasteiger partial charge is 0.255 e.